The van der Waals surface area contributed by atoms with Gasteiger partial charge >= 0.3 is 0 Å². The maximum Gasteiger partial charge on any atom is 0.291 e. The van der Waals surface area contributed by atoms with Crippen LogP contribution in [-0.4, -0.2) is 16.1 Å². The van der Waals surface area contributed by atoms with Gasteiger partial charge in [0, 0.05) is 11.5 Å². The molecule has 0 fully saturated rings. The number of fused-ring (bicyclic) bond motifs is 1. The fourth-order valence-corrected chi connectivity index (χ4v) is 2.66. The van der Waals surface area contributed by atoms with Gasteiger partial charge in [-0.1, -0.05) is 12.1 Å². The van der Waals surface area contributed by atoms with E-state index in [4.69, 9.17) is 4.42 Å². The predicted octanol–water partition coefficient (Wildman–Crippen LogP) is 5.00. The second-order valence-corrected chi connectivity index (χ2v) is 5.92. The van der Waals surface area contributed by atoms with Crippen LogP contribution in [0, 0.1) is 17.5 Å². The molecule has 0 bridgehead atoms. The molecule has 28 heavy (non-hydrogen) atoms. The van der Waals surface area contributed by atoms with Crippen molar-refractivity contribution in [1.29, 1.82) is 0 Å². The molecule has 5 nitrogen and oxygen atoms in total. The van der Waals surface area contributed by atoms with Crippen LogP contribution in [0.2, 0.25) is 0 Å². The topological polar surface area (TPSA) is 70.9 Å². The van der Waals surface area contributed by atoms with Crippen molar-refractivity contribution in [3.05, 3.63) is 83.2 Å². The number of H-pyrrole nitrogens is 1. The zero-order valence-electron chi connectivity index (χ0n) is 14.2. The molecule has 0 spiro atoms. The Morgan fingerprint density at radius 3 is 2.64 bits per heavy atom. The van der Waals surface area contributed by atoms with Crippen LogP contribution in [0.4, 0.5) is 18.9 Å². The molecule has 0 aliphatic rings. The van der Waals surface area contributed by atoms with Gasteiger partial charge in [0.05, 0.1) is 23.2 Å². The van der Waals surface area contributed by atoms with Crippen LogP contribution >= 0.6 is 0 Å². The average molecular weight is 383 g/mol. The number of rotatable bonds is 4. The van der Waals surface area contributed by atoms with E-state index in [2.05, 4.69) is 15.5 Å². The minimum Gasteiger partial charge on any atom is -0.459 e. The van der Waals surface area contributed by atoms with E-state index in [1.165, 1.54) is 30.5 Å². The molecule has 0 saturated carbocycles. The number of furan rings is 1. The summed E-state index contributed by atoms with van der Waals surface area (Å²) in [6, 6.07) is 9.13. The number of halogens is 3. The molecule has 140 valence electrons. The summed E-state index contributed by atoms with van der Waals surface area (Å²) in [6.45, 7) is 0. The third-order valence-corrected chi connectivity index (χ3v) is 4.05. The van der Waals surface area contributed by atoms with Crippen molar-refractivity contribution in [2.75, 3.05) is 5.32 Å². The first-order valence-electron chi connectivity index (χ1n) is 8.17. The zero-order chi connectivity index (χ0) is 19.7. The molecule has 2 N–H and O–H groups in total. The SMILES string of the molecule is O=C(Nc1cc2c(C=Cc3ccc(F)c(F)c3)n[nH]c2cc1F)c1ccco1. The summed E-state index contributed by atoms with van der Waals surface area (Å²) in [4.78, 5) is 12.1. The van der Waals surface area contributed by atoms with Crippen LogP contribution in [0.1, 0.15) is 21.8 Å². The van der Waals surface area contributed by atoms with Crippen molar-refractivity contribution in [1.82, 2.24) is 10.2 Å². The molecular weight excluding hydrogens is 371 g/mol. The number of carbonyl (C=O) groups excluding carboxylic acids is 1. The van der Waals surface area contributed by atoms with Crippen LogP contribution in [0.25, 0.3) is 23.1 Å². The Balaban J connectivity index is 1.65. The van der Waals surface area contributed by atoms with Gasteiger partial charge in [-0.2, -0.15) is 5.10 Å². The molecule has 0 aliphatic carbocycles. The Bertz CT molecular complexity index is 1200. The van der Waals surface area contributed by atoms with Crippen molar-refractivity contribution >= 4 is 34.6 Å². The normalized spacial score (nSPS) is 11.4. The fourth-order valence-electron chi connectivity index (χ4n) is 2.66. The van der Waals surface area contributed by atoms with E-state index in [9.17, 15) is 18.0 Å². The maximum absolute atomic E-state index is 14.3. The number of nitrogens with one attached hydrogen (secondary N) is 2. The van der Waals surface area contributed by atoms with Gasteiger partial charge in [0.2, 0.25) is 0 Å². The lowest BCUT2D eigenvalue weighted by Crippen LogP contribution is -2.12. The number of aromatic nitrogens is 2. The Morgan fingerprint density at radius 2 is 1.89 bits per heavy atom. The largest absolute Gasteiger partial charge is 0.459 e. The zero-order valence-corrected chi connectivity index (χ0v) is 14.2. The molecule has 0 aliphatic heterocycles. The van der Waals surface area contributed by atoms with E-state index in [0.29, 0.717) is 22.2 Å². The van der Waals surface area contributed by atoms with E-state index in [1.54, 1.807) is 18.2 Å². The van der Waals surface area contributed by atoms with E-state index < -0.39 is 23.4 Å². The summed E-state index contributed by atoms with van der Waals surface area (Å²) in [5.41, 5.74) is 1.24. The minimum atomic E-state index is -0.959. The van der Waals surface area contributed by atoms with Crippen molar-refractivity contribution in [3.63, 3.8) is 0 Å². The van der Waals surface area contributed by atoms with Gasteiger partial charge in [0.1, 0.15) is 5.82 Å². The first-order chi connectivity index (χ1) is 13.5. The van der Waals surface area contributed by atoms with Crippen LogP contribution in [-0.2, 0) is 0 Å². The molecule has 4 rings (SSSR count). The molecule has 8 heteroatoms. The van der Waals surface area contributed by atoms with Gasteiger partial charge in [-0.05, 0) is 42.0 Å². The second-order valence-electron chi connectivity index (χ2n) is 5.92. The van der Waals surface area contributed by atoms with Crippen LogP contribution in [0.15, 0.2) is 53.1 Å². The molecule has 1 amide bonds. The third kappa shape index (κ3) is 3.39. The molecule has 0 atom stereocenters. The summed E-state index contributed by atoms with van der Waals surface area (Å²) in [6.07, 6.45) is 4.45. The molecule has 0 saturated heterocycles. The van der Waals surface area contributed by atoms with E-state index in [0.717, 1.165) is 12.1 Å². The number of aromatic amines is 1. The Hall–Kier alpha value is -3.81. The average Bonchev–Trinajstić information content (AvgIpc) is 3.33. The van der Waals surface area contributed by atoms with Crippen LogP contribution in [0.5, 0.6) is 0 Å². The second kappa shape index (κ2) is 7.07. The summed E-state index contributed by atoms with van der Waals surface area (Å²) < 4.78 is 45.6. The number of benzene rings is 2. The highest BCUT2D eigenvalue weighted by molar-refractivity contribution is 6.03. The highest BCUT2D eigenvalue weighted by atomic mass is 19.2. The minimum absolute atomic E-state index is 0.0437. The number of carbonyl (C=O) groups is 1. The van der Waals surface area contributed by atoms with E-state index in [1.807, 2.05) is 0 Å². The molecule has 2 aromatic heterocycles. The molecule has 0 unspecified atom stereocenters. The molecule has 4 aromatic rings. The number of anilines is 1. The fraction of sp³-hybridized carbons (Fsp3) is 0. The third-order valence-electron chi connectivity index (χ3n) is 4.05. The first-order valence-corrected chi connectivity index (χ1v) is 8.17. The first kappa shape index (κ1) is 17.6. The summed E-state index contributed by atoms with van der Waals surface area (Å²) in [5.74, 6) is -3.09. The maximum atomic E-state index is 14.3. The number of hydrogen-bond donors (Lipinski definition) is 2. The predicted molar refractivity (Wildman–Crippen MR) is 98.0 cm³/mol. The molecule has 2 heterocycles. The molecule has 2 aromatic carbocycles. The van der Waals surface area contributed by atoms with Crippen molar-refractivity contribution in [3.8, 4) is 0 Å². The highest BCUT2D eigenvalue weighted by Crippen LogP contribution is 2.26. The Kier molecular flexibility index (Phi) is 4.44. The summed E-state index contributed by atoms with van der Waals surface area (Å²) in [5, 5.41) is 9.75. The lowest BCUT2D eigenvalue weighted by Gasteiger charge is -2.05. The van der Waals surface area contributed by atoms with Crippen LogP contribution < -0.4 is 5.32 Å². The number of nitrogens with zero attached hydrogens (tertiary/aromatic N) is 1. The van der Waals surface area contributed by atoms with Crippen molar-refractivity contribution < 1.29 is 22.4 Å². The van der Waals surface area contributed by atoms with Gasteiger partial charge in [0.25, 0.3) is 5.91 Å². The lowest BCUT2D eigenvalue weighted by atomic mass is 10.1. The van der Waals surface area contributed by atoms with E-state index >= 15 is 0 Å². The monoisotopic (exact) mass is 383 g/mol. The van der Waals surface area contributed by atoms with Crippen molar-refractivity contribution in [2.45, 2.75) is 0 Å². The Morgan fingerprint density at radius 1 is 1.04 bits per heavy atom. The van der Waals surface area contributed by atoms with Gasteiger partial charge < -0.3 is 9.73 Å². The standard InChI is InChI=1S/C20H12F3N3O2/c21-13-5-3-11(8-14(13)22)4-6-16-12-9-18(15(23)10-17(12)26-25-16)24-20(27)19-2-1-7-28-19/h1-10H,(H,24,27)(H,25,26). The highest BCUT2D eigenvalue weighted by Gasteiger charge is 2.14. The Labute approximate surface area is 156 Å². The van der Waals surface area contributed by atoms with Gasteiger partial charge in [-0.15, -0.1) is 0 Å². The molecular formula is C20H12F3N3O2. The molecule has 0 radical (unpaired) electrons. The smallest absolute Gasteiger partial charge is 0.291 e. The quantitative estimate of drug-likeness (QED) is 0.521. The van der Waals surface area contributed by atoms with Gasteiger partial charge in [0.15, 0.2) is 17.4 Å². The number of hydrogen-bond acceptors (Lipinski definition) is 3. The van der Waals surface area contributed by atoms with Gasteiger partial charge in [-0.25, -0.2) is 13.2 Å². The van der Waals surface area contributed by atoms with Gasteiger partial charge in [-0.3, -0.25) is 9.89 Å². The lowest BCUT2D eigenvalue weighted by molar-refractivity contribution is 0.0996. The van der Waals surface area contributed by atoms with Crippen molar-refractivity contribution in [2.24, 2.45) is 0 Å². The number of amides is 1. The summed E-state index contributed by atoms with van der Waals surface area (Å²) >= 11 is 0. The van der Waals surface area contributed by atoms with E-state index in [-0.39, 0.29) is 11.4 Å². The van der Waals surface area contributed by atoms with Crippen LogP contribution in [0.3, 0.4) is 0 Å². The summed E-state index contributed by atoms with van der Waals surface area (Å²) in [7, 11) is 0.